The molecule has 1 saturated heterocycles. The van der Waals surface area contributed by atoms with E-state index in [1.807, 2.05) is 13.8 Å². The third kappa shape index (κ3) is 4.05. The fraction of sp³-hybridized carbons (Fsp3) is 0.692. The minimum atomic E-state index is -0.788. The van der Waals surface area contributed by atoms with Gasteiger partial charge < -0.3 is 14.9 Å². The molecule has 1 aliphatic rings. The summed E-state index contributed by atoms with van der Waals surface area (Å²) >= 11 is 0. The second-order valence-electron chi connectivity index (χ2n) is 4.95. The van der Waals surface area contributed by atoms with Crippen LogP contribution in [0.5, 0.6) is 0 Å². The van der Waals surface area contributed by atoms with Gasteiger partial charge in [0, 0.05) is 32.6 Å². The third-order valence-electron chi connectivity index (χ3n) is 3.13. The Kier molecular flexibility index (Phi) is 5.19. The van der Waals surface area contributed by atoms with Crippen molar-refractivity contribution in [1.29, 1.82) is 0 Å². The van der Waals surface area contributed by atoms with Crippen molar-refractivity contribution in [2.45, 2.75) is 26.7 Å². The van der Waals surface area contributed by atoms with Crippen LogP contribution in [0.1, 0.15) is 26.7 Å². The van der Waals surface area contributed by atoms with E-state index in [4.69, 9.17) is 5.11 Å². The largest absolute Gasteiger partial charge is 0.481 e. The van der Waals surface area contributed by atoms with E-state index in [2.05, 4.69) is 6.58 Å². The lowest BCUT2D eigenvalue weighted by atomic mass is 10.1. The minimum absolute atomic E-state index is 0.00612. The number of likely N-dealkylation sites (tertiary alicyclic amines) is 1. The van der Waals surface area contributed by atoms with Crippen molar-refractivity contribution in [3.63, 3.8) is 0 Å². The first-order valence-electron chi connectivity index (χ1n) is 6.34. The Balaban J connectivity index is 2.52. The summed E-state index contributed by atoms with van der Waals surface area (Å²) in [6.07, 6.45) is 0.930. The van der Waals surface area contributed by atoms with Crippen molar-refractivity contribution in [2.24, 2.45) is 5.92 Å². The summed E-state index contributed by atoms with van der Waals surface area (Å²) in [5, 5.41) is 8.75. The van der Waals surface area contributed by atoms with E-state index in [0.717, 1.165) is 12.0 Å². The highest BCUT2D eigenvalue weighted by Crippen LogP contribution is 2.20. The molecule has 1 aliphatic heterocycles. The van der Waals surface area contributed by atoms with Gasteiger partial charge in [-0.2, -0.15) is 0 Å². The van der Waals surface area contributed by atoms with Gasteiger partial charge in [-0.3, -0.25) is 4.79 Å². The molecule has 1 N–H and O–H groups in total. The summed E-state index contributed by atoms with van der Waals surface area (Å²) in [6.45, 7) is 10.1. The van der Waals surface area contributed by atoms with Crippen molar-refractivity contribution in [3.8, 4) is 0 Å². The smallest absolute Gasteiger partial charge is 0.320 e. The molecule has 0 aromatic carbocycles. The van der Waals surface area contributed by atoms with Crippen LogP contribution in [0.3, 0.4) is 0 Å². The number of carbonyl (C=O) groups excluding carboxylic acids is 1. The number of rotatable bonds is 5. The first-order chi connectivity index (χ1) is 8.43. The van der Waals surface area contributed by atoms with Crippen LogP contribution in [0.4, 0.5) is 4.79 Å². The van der Waals surface area contributed by atoms with Crippen molar-refractivity contribution < 1.29 is 14.7 Å². The zero-order valence-electron chi connectivity index (χ0n) is 11.2. The second-order valence-corrected chi connectivity index (χ2v) is 4.95. The summed E-state index contributed by atoms with van der Waals surface area (Å²) in [4.78, 5) is 26.3. The molecule has 0 aromatic rings. The monoisotopic (exact) mass is 254 g/mol. The van der Waals surface area contributed by atoms with E-state index in [-0.39, 0.29) is 18.4 Å². The Hall–Kier alpha value is -1.52. The SMILES string of the molecule is C=C(C)CN(CC)C(=O)N1CCC(CC(=O)O)C1. The maximum absolute atomic E-state index is 12.2. The molecule has 1 heterocycles. The van der Waals surface area contributed by atoms with Gasteiger partial charge in [0.1, 0.15) is 0 Å². The van der Waals surface area contributed by atoms with Crippen LogP contribution >= 0.6 is 0 Å². The summed E-state index contributed by atoms with van der Waals surface area (Å²) in [5.74, 6) is -0.696. The van der Waals surface area contributed by atoms with Crippen molar-refractivity contribution in [3.05, 3.63) is 12.2 Å². The Morgan fingerprint density at radius 2 is 2.17 bits per heavy atom. The van der Waals surface area contributed by atoms with Crippen LogP contribution in [0, 0.1) is 5.92 Å². The number of hydrogen-bond donors (Lipinski definition) is 1. The van der Waals surface area contributed by atoms with Gasteiger partial charge in [-0.25, -0.2) is 4.79 Å². The zero-order valence-corrected chi connectivity index (χ0v) is 11.2. The molecular formula is C13H22N2O3. The summed E-state index contributed by atoms with van der Waals surface area (Å²) in [6, 6.07) is -0.00612. The highest BCUT2D eigenvalue weighted by molar-refractivity contribution is 5.75. The summed E-state index contributed by atoms with van der Waals surface area (Å²) < 4.78 is 0. The van der Waals surface area contributed by atoms with Gasteiger partial charge in [-0.15, -0.1) is 0 Å². The molecule has 1 rings (SSSR count). The van der Waals surface area contributed by atoms with Gasteiger partial charge in [0.15, 0.2) is 0 Å². The molecule has 2 amide bonds. The normalized spacial score (nSPS) is 18.8. The van der Waals surface area contributed by atoms with Crippen LogP contribution in [0.2, 0.25) is 0 Å². The number of urea groups is 1. The lowest BCUT2D eigenvalue weighted by Gasteiger charge is -2.27. The van der Waals surface area contributed by atoms with Crippen LogP contribution in [0.25, 0.3) is 0 Å². The first kappa shape index (κ1) is 14.5. The third-order valence-corrected chi connectivity index (χ3v) is 3.13. The van der Waals surface area contributed by atoms with Gasteiger partial charge in [-0.05, 0) is 26.2 Å². The molecule has 1 fully saturated rings. The number of likely N-dealkylation sites (N-methyl/N-ethyl adjacent to an activating group) is 1. The predicted octanol–water partition coefficient (Wildman–Crippen LogP) is 1.80. The number of carbonyl (C=O) groups is 2. The van der Waals surface area contributed by atoms with E-state index in [0.29, 0.717) is 26.2 Å². The molecule has 18 heavy (non-hydrogen) atoms. The number of amides is 2. The average molecular weight is 254 g/mol. The van der Waals surface area contributed by atoms with Crippen LogP contribution in [-0.4, -0.2) is 53.1 Å². The second kappa shape index (κ2) is 6.42. The standard InChI is InChI=1S/C13H22N2O3/c1-4-14(8-10(2)3)13(18)15-6-5-11(9-15)7-12(16)17/h11H,2,4-9H2,1,3H3,(H,16,17). The molecule has 5 nitrogen and oxygen atoms in total. The average Bonchev–Trinajstić information content (AvgIpc) is 2.72. The van der Waals surface area contributed by atoms with Crippen LogP contribution in [-0.2, 0) is 4.79 Å². The van der Waals surface area contributed by atoms with E-state index in [9.17, 15) is 9.59 Å². The molecule has 5 heteroatoms. The minimum Gasteiger partial charge on any atom is -0.481 e. The molecular weight excluding hydrogens is 232 g/mol. The maximum atomic E-state index is 12.2. The highest BCUT2D eigenvalue weighted by atomic mass is 16.4. The molecule has 0 bridgehead atoms. The van der Waals surface area contributed by atoms with Crippen LogP contribution in [0.15, 0.2) is 12.2 Å². The Morgan fingerprint density at radius 3 is 2.67 bits per heavy atom. The molecule has 0 spiro atoms. The van der Waals surface area contributed by atoms with E-state index in [1.165, 1.54) is 0 Å². The summed E-state index contributed by atoms with van der Waals surface area (Å²) in [7, 11) is 0. The fourth-order valence-corrected chi connectivity index (χ4v) is 2.26. The first-order valence-corrected chi connectivity index (χ1v) is 6.34. The highest BCUT2D eigenvalue weighted by Gasteiger charge is 2.29. The Bertz CT molecular complexity index is 341. The van der Waals surface area contributed by atoms with Gasteiger partial charge in [0.05, 0.1) is 0 Å². The molecule has 1 unspecified atom stereocenters. The van der Waals surface area contributed by atoms with E-state index >= 15 is 0 Å². The maximum Gasteiger partial charge on any atom is 0.320 e. The lowest BCUT2D eigenvalue weighted by molar-refractivity contribution is -0.138. The van der Waals surface area contributed by atoms with Gasteiger partial charge in [0.25, 0.3) is 0 Å². The number of hydrogen-bond acceptors (Lipinski definition) is 2. The van der Waals surface area contributed by atoms with Gasteiger partial charge >= 0.3 is 12.0 Å². The lowest BCUT2D eigenvalue weighted by Crippen LogP contribution is -2.42. The molecule has 0 aromatic heterocycles. The number of carboxylic acids is 1. The van der Waals surface area contributed by atoms with E-state index in [1.54, 1.807) is 9.80 Å². The molecule has 1 atom stereocenters. The quantitative estimate of drug-likeness (QED) is 0.761. The van der Waals surface area contributed by atoms with Gasteiger partial charge in [0.2, 0.25) is 0 Å². The van der Waals surface area contributed by atoms with Crippen molar-refractivity contribution in [1.82, 2.24) is 9.80 Å². The number of carboxylic acid groups (broad SMARTS) is 1. The number of nitrogens with zero attached hydrogens (tertiary/aromatic N) is 2. The van der Waals surface area contributed by atoms with E-state index < -0.39 is 5.97 Å². The Labute approximate surface area is 108 Å². The topological polar surface area (TPSA) is 60.9 Å². The van der Waals surface area contributed by atoms with Crippen LogP contribution < -0.4 is 0 Å². The molecule has 0 saturated carbocycles. The van der Waals surface area contributed by atoms with Crippen molar-refractivity contribution in [2.75, 3.05) is 26.2 Å². The number of aliphatic carboxylic acids is 1. The molecule has 102 valence electrons. The fourth-order valence-electron chi connectivity index (χ4n) is 2.26. The molecule has 0 radical (unpaired) electrons. The zero-order chi connectivity index (χ0) is 13.7. The van der Waals surface area contributed by atoms with Crippen molar-refractivity contribution >= 4 is 12.0 Å². The van der Waals surface area contributed by atoms with Gasteiger partial charge in [-0.1, -0.05) is 12.2 Å². The Morgan fingerprint density at radius 1 is 1.50 bits per heavy atom. The predicted molar refractivity (Wildman–Crippen MR) is 69.4 cm³/mol. The summed E-state index contributed by atoms with van der Waals surface area (Å²) in [5.41, 5.74) is 0.950. The molecule has 0 aliphatic carbocycles.